The van der Waals surface area contributed by atoms with Crippen molar-refractivity contribution in [2.45, 2.75) is 19.4 Å². The fourth-order valence-electron chi connectivity index (χ4n) is 2.71. The molecule has 5 heteroatoms. The van der Waals surface area contributed by atoms with Crippen LogP contribution in [0.1, 0.15) is 28.6 Å². The lowest BCUT2D eigenvalue weighted by molar-refractivity contribution is -0.121. The summed E-state index contributed by atoms with van der Waals surface area (Å²) >= 11 is 0. The molecular formula is C20H20FN3O. The van der Waals surface area contributed by atoms with Crippen LogP contribution in [-0.2, 0) is 18.3 Å². The summed E-state index contributed by atoms with van der Waals surface area (Å²) in [6.45, 7) is 2.01. The van der Waals surface area contributed by atoms with Crippen LogP contribution in [0.15, 0.2) is 60.9 Å². The molecule has 0 bridgehead atoms. The summed E-state index contributed by atoms with van der Waals surface area (Å²) in [6, 6.07) is 13.5. The van der Waals surface area contributed by atoms with Gasteiger partial charge in [0.15, 0.2) is 0 Å². The third-order valence-electron chi connectivity index (χ3n) is 4.11. The minimum atomic E-state index is -0.432. The van der Waals surface area contributed by atoms with E-state index in [4.69, 9.17) is 0 Å². The van der Waals surface area contributed by atoms with Gasteiger partial charge in [0.25, 0.3) is 0 Å². The van der Waals surface area contributed by atoms with Crippen molar-refractivity contribution in [3.63, 3.8) is 0 Å². The normalized spacial score (nSPS) is 12.0. The molecule has 0 aliphatic heterocycles. The van der Waals surface area contributed by atoms with Gasteiger partial charge in [0.05, 0.1) is 6.42 Å². The molecule has 0 saturated carbocycles. The molecule has 0 fully saturated rings. The average molecular weight is 337 g/mol. The minimum Gasteiger partial charge on any atom is -0.342 e. The van der Waals surface area contributed by atoms with Gasteiger partial charge in [-0.25, -0.2) is 9.37 Å². The summed E-state index contributed by atoms with van der Waals surface area (Å²) in [5.41, 5.74) is 2.88. The molecule has 0 aliphatic carbocycles. The highest BCUT2D eigenvalue weighted by Crippen LogP contribution is 2.21. The van der Waals surface area contributed by atoms with Gasteiger partial charge in [-0.3, -0.25) is 4.79 Å². The number of aryl methyl sites for hydroxylation is 2. The van der Waals surface area contributed by atoms with Gasteiger partial charge < -0.3 is 9.88 Å². The lowest BCUT2D eigenvalue weighted by Gasteiger charge is -2.19. The van der Waals surface area contributed by atoms with Gasteiger partial charge in [0, 0.05) is 19.4 Å². The van der Waals surface area contributed by atoms with Crippen LogP contribution in [0.5, 0.6) is 0 Å². The topological polar surface area (TPSA) is 46.9 Å². The van der Waals surface area contributed by atoms with Gasteiger partial charge >= 0.3 is 0 Å². The smallest absolute Gasteiger partial charge is 0.225 e. The van der Waals surface area contributed by atoms with Crippen LogP contribution in [-0.4, -0.2) is 15.5 Å². The molecule has 1 amide bonds. The van der Waals surface area contributed by atoms with E-state index >= 15 is 0 Å². The van der Waals surface area contributed by atoms with Gasteiger partial charge in [-0.2, -0.15) is 0 Å². The number of hydrogen-bond donors (Lipinski definition) is 1. The quantitative estimate of drug-likeness (QED) is 0.776. The Balaban J connectivity index is 1.82. The van der Waals surface area contributed by atoms with Gasteiger partial charge in [0.1, 0.15) is 17.7 Å². The molecule has 1 N–H and O–H groups in total. The summed E-state index contributed by atoms with van der Waals surface area (Å²) in [6.07, 6.45) is 3.78. The van der Waals surface area contributed by atoms with E-state index in [2.05, 4.69) is 10.3 Å². The van der Waals surface area contributed by atoms with Gasteiger partial charge in [0.2, 0.25) is 5.91 Å². The van der Waals surface area contributed by atoms with E-state index in [0.717, 1.165) is 16.7 Å². The monoisotopic (exact) mass is 337 g/mol. The van der Waals surface area contributed by atoms with Crippen LogP contribution in [0.3, 0.4) is 0 Å². The highest BCUT2D eigenvalue weighted by molar-refractivity contribution is 5.79. The zero-order valence-electron chi connectivity index (χ0n) is 14.2. The van der Waals surface area contributed by atoms with Crippen LogP contribution in [0.4, 0.5) is 4.39 Å². The number of aromatic nitrogens is 2. The SMILES string of the molecule is Cc1ccc(CC(=O)NC(c2ccc(F)cc2)c2nccn2C)cc1. The minimum absolute atomic E-state index is 0.110. The third kappa shape index (κ3) is 4.12. The Labute approximate surface area is 146 Å². The van der Waals surface area contributed by atoms with E-state index in [0.29, 0.717) is 5.82 Å². The average Bonchev–Trinajstić information content (AvgIpc) is 3.01. The van der Waals surface area contributed by atoms with Crippen molar-refractivity contribution in [3.8, 4) is 0 Å². The summed E-state index contributed by atoms with van der Waals surface area (Å²) in [7, 11) is 1.87. The number of amides is 1. The standard InChI is InChI=1S/C20H20FN3O/c1-14-3-5-15(6-4-14)13-18(25)23-19(20-22-11-12-24(20)2)16-7-9-17(21)10-8-16/h3-12,19H,13H2,1-2H3,(H,23,25). The zero-order valence-corrected chi connectivity index (χ0v) is 14.2. The molecule has 1 atom stereocenters. The predicted molar refractivity (Wildman–Crippen MR) is 94.5 cm³/mol. The number of hydrogen-bond acceptors (Lipinski definition) is 2. The Morgan fingerprint density at radius 3 is 2.44 bits per heavy atom. The van der Waals surface area contributed by atoms with Crippen LogP contribution in [0, 0.1) is 12.7 Å². The molecule has 1 unspecified atom stereocenters. The number of imidazole rings is 1. The lowest BCUT2D eigenvalue weighted by Crippen LogP contribution is -2.32. The van der Waals surface area contributed by atoms with Gasteiger partial charge in [-0.15, -0.1) is 0 Å². The molecule has 2 aromatic carbocycles. The van der Waals surface area contributed by atoms with E-state index in [1.807, 2.05) is 49.0 Å². The first kappa shape index (κ1) is 16.9. The summed E-state index contributed by atoms with van der Waals surface area (Å²) < 4.78 is 15.1. The molecule has 4 nitrogen and oxygen atoms in total. The number of carbonyl (C=O) groups is 1. The predicted octanol–water partition coefficient (Wildman–Crippen LogP) is 3.32. The largest absolute Gasteiger partial charge is 0.342 e. The molecule has 25 heavy (non-hydrogen) atoms. The molecular weight excluding hydrogens is 317 g/mol. The van der Waals surface area contributed by atoms with Crippen molar-refractivity contribution in [1.82, 2.24) is 14.9 Å². The van der Waals surface area contributed by atoms with Crippen molar-refractivity contribution >= 4 is 5.91 Å². The van der Waals surface area contributed by atoms with Crippen LogP contribution >= 0.6 is 0 Å². The fourth-order valence-corrected chi connectivity index (χ4v) is 2.71. The van der Waals surface area contributed by atoms with Crippen molar-refractivity contribution in [3.05, 3.63) is 89.3 Å². The summed E-state index contributed by atoms with van der Waals surface area (Å²) in [5.74, 6) is 0.276. The zero-order chi connectivity index (χ0) is 17.8. The van der Waals surface area contributed by atoms with Crippen LogP contribution in [0.25, 0.3) is 0 Å². The highest BCUT2D eigenvalue weighted by atomic mass is 19.1. The molecule has 0 radical (unpaired) electrons. The maximum Gasteiger partial charge on any atom is 0.225 e. The number of nitrogens with one attached hydrogen (secondary N) is 1. The fraction of sp³-hybridized carbons (Fsp3) is 0.200. The Bertz CT molecular complexity index is 853. The molecule has 1 heterocycles. The van der Waals surface area contributed by atoms with Crippen molar-refractivity contribution < 1.29 is 9.18 Å². The number of rotatable bonds is 5. The van der Waals surface area contributed by atoms with Gasteiger partial charge in [-0.05, 0) is 30.2 Å². The number of benzene rings is 2. The van der Waals surface area contributed by atoms with Crippen molar-refractivity contribution in [2.75, 3.05) is 0 Å². The number of halogens is 1. The summed E-state index contributed by atoms with van der Waals surface area (Å²) in [4.78, 5) is 16.9. The first-order valence-electron chi connectivity index (χ1n) is 8.10. The first-order valence-corrected chi connectivity index (χ1v) is 8.10. The second-order valence-electron chi connectivity index (χ2n) is 6.11. The second kappa shape index (κ2) is 7.30. The Morgan fingerprint density at radius 2 is 1.84 bits per heavy atom. The Morgan fingerprint density at radius 1 is 1.16 bits per heavy atom. The van der Waals surface area contributed by atoms with Crippen LogP contribution in [0.2, 0.25) is 0 Å². The van der Waals surface area contributed by atoms with Gasteiger partial charge in [-0.1, -0.05) is 42.0 Å². The van der Waals surface area contributed by atoms with Crippen molar-refractivity contribution in [1.29, 1.82) is 0 Å². The van der Waals surface area contributed by atoms with E-state index in [1.165, 1.54) is 12.1 Å². The Hall–Kier alpha value is -2.95. The number of nitrogens with zero attached hydrogens (tertiary/aromatic N) is 2. The van der Waals surface area contributed by atoms with E-state index in [-0.39, 0.29) is 18.1 Å². The maximum atomic E-state index is 13.2. The molecule has 1 aromatic heterocycles. The van der Waals surface area contributed by atoms with E-state index in [9.17, 15) is 9.18 Å². The third-order valence-corrected chi connectivity index (χ3v) is 4.11. The molecule has 0 spiro atoms. The maximum absolute atomic E-state index is 13.2. The molecule has 3 aromatic rings. The second-order valence-corrected chi connectivity index (χ2v) is 6.11. The van der Waals surface area contributed by atoms with Crippen molar-refractivity contribution in [2.24, 2.45) is 7.05 Å². The highest BCUT2D eigenvalue weighted by Gasteiger charge is 2.20. The Kier molecular flexibility index (Phi) is 4.93. The number of carbonyl (C=O) groups excluding carboxylic acids is 1. The summed E-state index contributed by atoms with van der Waals surface area (Å²) in [5, 5.41) is 3.01. The lowest BCUT2D eigenvalue weighted by atomic mass is 10.0. The molecule has 128 valence electrons. The van der Waals surface area contributed by atoms with E-state index < -0.39 is 6.04 Å². The molecule has 0 aliphatic rings. The van der Waals surface area contributed by atoms with Crippen LogP contribution < -0.4 is 5.32 Å². The molecule has 3 rings (SSSR count). The molecule has 0 saturated heterocycles. The van der Waals surface area contributed by atoms with E-state index in [1.54, 1.807) is 18.3 Å². The first-order chi connectivity index (χ1) is 12.0.